The number of carbonyl (C=O) groups is 3. The molecule has 0 radical (unpaired) electrons. The number of anilines is 1. The molecule has 1 aliphatic carbocycles. The number of Topliss-reactive ketones (excluding diaryl/α,β-unsaturated/α-hetero) is 1. The fourth-order valence-electron chi connectivity index (χ4n) is 4.43. The maximum Gasteiger partial charge on any atom is 0.335 e. The zero-order chi connectivity index (χ0) is 24.1. The molecule has 0 aliphatic heterocycles. The Morgan fingerprint density at radius 1 is 1.09 bits per heavy atom. The van der Waals surface area contributed by atoms with E-state index in [2.05, 4.69) is 18.3 Å². The third-order valence-corrected chi connectivity index (χ3v) is 6.42. The van der Waals surface area contributed by atoms with E-state index in [4.69, 9.17) is 5.11 Å². The number of ketones is 1. The van der Waals surface area contributed by atoms with Crippen LogP contribution < -0.4 is 5.32 Å². The maximum atomic E-state index is 12.3. The van der Waals surface area contributed by atoms with Crippen molar-refractivity contribution in [3.8, 4) is 0 Å². The molecule has 6 nitrogen and oxygen atoms in total. The van der Waals surface area contributed by atoms with Gasteiger partial charge in [-0.1, -0.05) is 57.6 Å². The number of rotatable bonds is 15. The highest BCUT2D eigenvalue weighted by Crippen LogP contribution is 2.34. The largest absolute Gasteiger partial charge is 0.478 e. The smallest absolute Gasteiger partial charge is 0.335 e. The maximum absolute atomic E-state index is 12.3. The lowest BCUT2D eigenvalue weighted by Gasteiger charge is -2.15. The second-order valence-electron chi connectivity index (χ2n) is 9.11. The minimum absolute atomic E-state index is 0.0705. The van der Waals surface area contributed by atoms with Crippen LogP contribution in [0.15, 0.2) is 36.4 Å². The lowest BCUT2D eigenvalue weighted by atomic mass is 9.89. The Kier molecular flexibility index (Phi) is 11.9. The Labute approximate surface area is 197 Å². The Morgan fingerprint density at radius 2 is 1.82 bits per heavy atom. The number of unbranched alkanes of at least 4 members (excludes halogenated alkanes) is 5. The van der Waals surface area contributed by atoms with Crippen molar-refractivity contribution in [2.75, 3.05) is 5.32 Å². The van der Waals surface area contributed by atoms with Crippen LogP contribution in [-0.4, -0.2) is 34.0 Å². The SMILES string of the molecule is CCCCCC(O)C=CC1CCC(=O)C1CCCCCCC(=O)Nc1ccc(C(=O)O)cc1. The van der Waals surface area contributed by atoms with Crippen molar-refractivity contribution in [3.05, 3.63) is 42.0 Å². The fraction of sp³-hybridized carbons (Fsp3) is 0.593. The van der Waals surface area contributed by atoms with E-state index < -0.39 is 12.1 Å². The number of carboxylic acid groups (broad SMARTS) is 1. The van der Waals surface area contributed by atoms with Gasteiger partial charge in [0, 0.05) is 24.4 Å². The van der Waals surface area contributed by atoms with Crippen LogP contribution in [0.1, 0.15) is 94.3 Å². The first-order valence-corrected chi connectivity index (χ1v) is 12.4. The molecule has 0 aromatic heterocycles. The van der Waals surface area contributed by atoms with Crippen molar-refractivity contribution in [2.45, 2.75) is 90.1 Å². The predicted octanol–water partition coefficient (Wildman–Crippen LogP) is 5.76. The first-order valence-electron chi connectivity index (χ1n) is 12.4. The van der Waals surface area contributed by atoms with Crippen LogP contribution in [0.2, 0.25) is 0 Å². The van der Waals surface area contributed by atoms with Crippen molar-refractivity contribution in [1.82, 2.24) is 0 Å². The molecule has 33 heavy (non-hydrogen) atoms. The van der Waals surface area contributed by atoms with Gasteiger partial charge in [-0.15, -0.1) is 0 Å². The minimum Gasteiger partial charge on any atom is -0.478 e. The molecule has 1 aromatic carbocycles. The van der Waals surface area contributed by atoms with Crippen LogP contribution in [0.25, 0.3) is 0 Å². The standard InChI is InChI=1S/C27H39NO5/c1-2-3-6-9-23(29)18-14-20-15-19-25(30)24(20)10-7-4-5-8-11-26(31)28-22-16-12-21(13-17-22)27(32)33/h12-14,16-18,20,23-24,29H,2-11,15,19H2,1H3,(H,28,31)(H,32,33). The van der Waals surface area contributed by atoms with E-state index in [0.717, 1.165) is 64.2 Å². The summed E-state index contributed by atoms with van der Waals surface area (Å²) in [5.74, 6) is -0.405. The summed E-state index contributed by atoms with van der Waals surface area (Å²) >= 11 is 0. The zero-order valence-corrected chi connectivity index (χ0v) is 19.8. The van der Waals surface area contributed by atoms with Crippen LogP contribution in [0, 0.1) is 11.8 Å². The average molecular weight is 458 g/mol. The number of carboxylic acids is 1. The third-order valence-electron chi connectivity index (χ3n) is 6.42. The van der Waals surface area contributed by atoms with Gasteiger partial charge in [-0.25, -0.2) is 4.79 Å². The van der Waals surface area contributed by atoms with Crippen LogP contribution >= 0.6 is 0 Å². The van der Waals surface area contributed by atoms with Gasteiger partial charge in [0.05, 0.1) is 11.7 Å². The summed E-state index contributed by atoms with van der Waals surface area (Å²) < 4.78 is 0. The van der Waals surface area contributed by atoms with Crippen LogP contribution in [-0.2, 0) is 9.59 Å². The number of hydrogen-bond acceptors (Lipinski definition) is 4. The molecule has 2 rings (SSSR count). The van der Waals surface area contributed by atoms with Gasteiger partial charge < -0.3 is 15.5 Å². The van der Waals surface area contributed by atoms with E-state index in [1.165, 1.54) is 12.1 Å². The number of hydrogen-bond donors (Lipinski definition) is 3. The highest BCUT2D eigenvalue weighted by Gasteiger charge is 2.32. The second kappa shape index (κ2) is 14.6. The van der Waals surface area contributed by atoms with Crippen molar-refractivity contribution in [3.63, 3.8) is 0 Å². The number of nitrogens with one attached hydrogen (secondary N) is 1. The van der Waals surface area contributed by atoms with Gasteiger partial charge in [0.2, 0.25) is 5.91 Å². The Hall–Kier alpha value is -2.47. The first kappa shape index (κ1) is 26.8. The van der Waals surface area contributed by atoms with Gasteiger partial charge in [0.25, 0.3) is 0 Å². The molecule has 1 fully saturated rings. The summed E-state index contributed by atoms with van der Waals surface area (Å²) in [6.45, 7) is 2.15. The summed E-state index contributed by atoms with van der Waals surface area (Å²) in [5, 5.41) is 21.8. The highest BCUT2D eigenvalue weighted by molar-refractivity contribution is 5.92. The molecule has 1 saturated carbocycles. The Morgan fingerprint density at radius 3 is 2.52 bits per heavy atom. The first-order chi connectivity index (χ1) is 15.9. The van der Waals surface area contributed by atoms with E-state index in [9.17, 15) is 19.5 Å². The van der Waals surface area contributed by atoms with Gasteiger partial charge >= 0.3 is 5.97 Å². The summed E-state index contributed by atoms with van der Waals surface area (Å²) in [6, 6.07) is 6.12. The van der Waals surface area contributed by atoms with E-state index in [0.29, 0.717) is 24.3 Å². The number of aliphatic hydroxyl groups excluding tert-OH is 1. The number of aliphatic hydroxyl groups is 1. The average Bonchev–Trinajstić information content (AvgIpc) is 3.14. The molecular formula is C27H39NO5. The number of aromatic carboxylic acids is 1. The number of benzene rings is 1. The van der Waals surface area contributed by atoms with Gasteiger partial charge in [0.15, 0.2) is 0 Å². The van der Waals surface area contributed by atoms with E-state index in [1.54, 1.807) is 12.1 Å². The van der Waals surface area contributed by atoms with E-state index in [-0.39, 0.29) is 23.3 Å². The number of allylic oxidation sites excluding steroid dienone is 1. The molecule has 0 saturated heterocycles. The quantitative estimate of drug-likeness (QED) is 0.230. The molecule has 6 heteroatoms. The van der Waals surface area contributed by atoms with Gasteiger partial charge in [-0.2, -0.15) is 0 Å². The molecule has 3 unspecified atom stereocenters. The summed E-state index contributed by atoms with van der Waals surface area (Å²) in [5.41, 5.74) is 0.786. The van der Waals surface area contributed by atoms with Crippen LogP contribution in [0.3, 0.4) is 0 Å². The molecule has 3 atom stereocenters. The van der Waals surface area contributed by atoms with Gasteiger partial charge in [-0.3, -0.25) is 9.59 Å². The van der Waals surface area contributed by atoms with E-state index >= 15 is 0 Å². The Balaban J connectivity index is 1.62. The van der Waals surface area contributed by atoms with Crippen LogP contribution in [0.4, 0.5) is 5.69 Å². The molecule has 1 aromatic rings. The molecule has 0 bridgehead atoms. The van der Waals surface area contributed by atoms with Crippen molar-refractivity contribution in [1.29, 1.82) is 0 Å². The molecular weight excluding hydrogens is 418 g/mol. The molecule has 3 N–H and O–H groups in total. The summed E-state index contributed by atoms with van der Waals surface area (Å²) in [6.07, 6.45) is 14.1. The number of amides is 1. The van der Waals surface area contributed by atoms with Gasteiger partial charge in [-0.05, 0) is 55.9 Å². The highest BCUT2D eigenvalue weighted by atomic mass is 16.4. The fourth-order valence-corrected chi connectivity index (χ4v) is 4.43. The minimum atomic E-state index is -0.991. The summed E-state index contributed by atoms with van der Waals surface area (Å²) in [7, 11) is 0. The number of carbonyl (C=O) groups excluding carboxylic acids is 2. The lowest BCUT2D eigenvalue weighted by molar-refractivity contribution is -0.121. The normalized spacial score (nSPS) is 19.2. The molecule has 1 amide bonds. The Bertz CT molecular complexity index is 786. The van der Waals surface area contributed by atoms with E-state index in [1.807, 2.05) is 6.08 Å². The zero-order valence-electron chi connectivity index (χ0n) is 19.8. The topological polar surface area (TPSA) is 104 Å². The van der Waals surface area contributed by atoms with Crippen LogP contribution in [0.5, 0.6) is 0 Å². The predicted molar refractivity (Wildman–Crippen MR) is 130 cm³/mol. The van der Waals surface area contributed by atoms with Crippen molar-refractivity contribution in [2.24, 2.45) is 11.8 Å². The van der Waals surface area contributed by atoms with Crippen molar-refractivity contribution >= 4 is 23.3 Å². The molecule has 1 aliphatic rings. The third kappa shape index (κ3) is 9.91. The second-order valence-corrected chi connectivity index (χ2v) is 9.11. The molecule has 0 heterocycles. The molecule has 182 valence electrons. The monoisotopic (exact) mass is 457 g/mol. The lowest BCUT2D eigenvalue weighted by Crippen LogP contribution is -2.14. The summed E-state index contributed by atoms with van der Waals surface area (Å²) in [4.78, 5) is 35.2. The van der Waals surface area contributed by atoms with Crippen molar-refractivity contribution < 1.29 is 24.6 Å². The molecule has 0 spiro atoms. The van der Waals surface area contributed by atoms with Gasteiger partial charge in [0.1, 0.15) is 5.78 Å².